The zero-order chi connectivity index (χ0) is 25.5. The molecule has 0 unspecified atom stereocenters. The molecular formula is C28H24FN3O3S. The van der Waals surface area contributed by atoms with Crippen molar-refractivity contribution in [2.75, 3.05) is 13.2 Å². The number of benzene rings is 3. The number of aliphatic imine (C=N–C) groups is 1. The Labute approximate surface area is 213 Å². The maximum Gasteiger partial charge on any atom is 0.266 e. The summed E-state index contributed by atoms with van der Waals surface area (Å²) in [5, 5.41) is 9.85. The number of nitrogens with zero attached hydrogens (tertiary/aromatic N) is 3. The molecule has 1 fully saturated rings. The lowest BCUT2D eigenvalue weighted by molar-refractivity contribution is -0.122. The van der Waals surface area contributed by atoms with Gasteiger partial charge in [0.2, 0.25) is 0 Å². The number of rotatable bonds is 8. The summed E-state index contributed by atoms with van der Waals surface area (Å²) in [5.41, 5.74) is 2.70. The monoisotopic (exact) mass is 501 g/mol. The average molecular weight is 502 g/mol. The van der Waals surface area contributed by atoms with Crippen LogP contribution in [0.25, 0.3) is 6.08 Å². The molecule has 182 valence electrons. The number of ether oxygens (including phenoxy) is 2. The third-order valence-corrected chi connectivity index (χ3v) is 6.35. The summed E-state index contributed by atoms with van der Waals surface area (Å²) in [7, 11) is 0. The fourth-order valence-corrected chi connectivity index (χ4v) is 4.62. The summed E-state index contributed by atoms with van der Waals surface area (Å²) in [6.07, 6.45) is 1.79. The van der Waals surface area contributed by atoms with Crippen molar-refractivity contribution in [3.8, 4) is 17.6 Å². The zero-order valence-electron chi connectivity index (χ0n) is 19.9. The van der Waals surface area contributed by atoms with E-state index in [0.29, 0.717) is 46.0 Å². The number of hydrogen-bond donors (Lipinski definition) is 0. The van der Waals surface area contributed by atoms with E-state index in [2.05, 4.69) is 11.1 Å². The van der Waals surface area contributed by atoms with Crippen molar-refractivity contribution in [2.45, 2.75) is 20.5 Å². The Kier molecular flexibility index (Phi) is 8.03. The van der Waals surface area contributed by atoms with Crippen molar-refractivity contribution in [3.05, 3.63) is 94.1 Å². The second-order valence-electron chi connectivity index (χ2n) is 7.73. The summed E-state index contributed by atoms with van der Waals surface area (Å²) in [6, 6.07) is 20.7. The molecule has 8 heteroatoms. The van der Waals surface area contributed by atoms with Crippen LogP contribution < -0.4 is 9.47 Å². The molecule has 4 rings (SSSR count). The number of carbonyl (C=O) groups is 1. The van der Waals surface area contributed by atoms with Crippen LogP contribution in [-0.4, -0.2) is 29.1 Å². The molecule has 36 heavy (non-hydrogen) atoms. The smallest absolute Gasteiger partial charge is 0.266 e. The van der Waals surface area contributed by atoms with Crippen LogP contribution in [0.15, 0.2) is 76.6 Å². The molecule has 6 nitrogen and oxygen atoms in total. The molecular weight excluding hydrogens is 477 g/mol. The third kappa shape index (κ3) is 5.75. The molecule has 0 atom stereocenters. The molecule has 0 spiro atoms. The molecule has 3 aromatic rings. The van der Waals surface area contributed by atoms with Gasteiger partial charge in [-0.15, -0.1) is 0 Å². The lowest BCUT2D eigenvalue weighted by Gasteiger charge is -2.13. The normalized spacial score (nSPS) is 15.4. The molecule has 0 N–H and O–H groups in total. The van der Waals surface area contributed by atoms with Crippen molar-refractivity contribution < 1.29 is 18.7 Å². The van der Waals surface area contributed by atoms with E-state index in [9.17, 15) is 14.4 Å². The van der Waals surface area contributed by atoms with Gasteiger partial charge in [-0.3, -0.25) is 9.69 Å². The van der Waals surface area contributed by atoms with Crippen molar-refractivity contribution in [1.82, 2.24) is 4.90 Å². The first-order valence-electron chi connectivity index (χ1n) is 11.5. The second-order valence-corrected chi connectivity index (χ2v) is 8.74. The SMILES string of the molecule is CCOc1cc(/C=C2/SC(=Nc3ccc(F)cc3)N(CC)C2=O)ccc1OCc1ccccc1C#N. The van der Waals surface area contributed by atoms with Crippen LogP contribution in [-0.2, 0) is 11.4 Å². The van der Waals surface area contributed by atoms with Crippen LogP contribution in [0.2, 0.25) is 0 Å². The Hall–Kier alpha value is -4.09. The topological polar surface area (TPSA) is 74.9 Å². The minimum Gasteiger partial charge on any atom is -0.490 e. The highest BCUT2D eigenvalue weighted by Gasteiger charge is 2.32. The Morgan fingerprint density at radius 3 is 2.56 bits per heavy atom. The Morgan fingerprint density at radius 1 is 1.06 bits per heavy atom. The second kappa shape index (κ2) is 11.6. The van der Waals surface area contributed by atoms with E-state index >= 15 is 0 Å². The largest absolute Gasteiger partial charge is 0.490 e. The molecule has 1 heterocycles. The van der Waals surface area contributed by atoms with Gasteiger partial charge < -0.3 is 9.47 Å². The van der Waals surface area contributed by atoms with Crippen LogP contribution in [0.1, 0.15) is 30.5 Å². The number of halogens is 1. The molecule has 0 radical (unpaired) electrons. The first-order chi connectivity index (χ1) is 17.5. The summed E-state index contributed by atoms with van der Waals surface area (Å²) in [4.78, 5) is 19.7. The first-order valence-corrected chi connectivity index (χ1v) is 12.3. The van der Waals surface area contributed by atoms with Crippen LogP contribution in [0.3, 0.4) is 0 Å². The van der Waals surface area contributed by atoms with Crippen LogP contribution in [0.4, 0.5) is 10.1 Å². The Morgan fingerprint density at radius 2 is 1.83 bits per heavy atom. The Balaban J connectivity index is 1.57. The van der Waals surface area contributed by atoms with E-state index in [4.69, 9.17) is 9.47 Å². The lowest BCUT2D eigenvalue weighted by Crippen LogP contribution is -2.28. The van der Waals surface area contributed by atoms with Gasteiger partial charge in [0.05, 0.1) is 28.8 Å². The maximum atomic E-state index is 13.2. The van der Waals surface area contributed by atoms with Crippen molar-refractivity contribution in [3.63, 3.8) is 0 Å². The summed E-state index contributed by atoms with van der Waals surface area (Å²) < 4.78 is 25.0. The summed E-state index contributed by atoms with van der Waals surface area (Å²) in [6.45, 7) is 4.90. The zero-order valence-corrected chi connectivity index (χ0v) is 20.7. The van der Waals surface area contributed by atoms with Gasteiger partial charge in [0.25, 0.3) is 5.91 Å². The molecule has 1 amide bonds. The number of hydrogen-bond acceptors (Lipinski definition) is 6. The standard InChI is InChI=1S/C28H24FN3O3S/c1-3-32-27(33)26(36-28(32)31-23-12-10-22(29)11-13-23)16-19-9-14-24(25(15-19)34-4-2)35-18-21-8-6-5-7-20(21)17-30/h5-16H,3-4,18H2,1-2H3/b26-16+,31-28?. The van der Waals surface area contributed by atoms with E-state index < -0.39 is 0 Å². The molecule has 0 bridgehead atoms. The van der Waals surface area contributed by atoms with Gasteiger partial charge in [-0.1, -0.05) is 24.3 Å². The minimum absolute atomic E-state index is 0.144. The third-order valence-electron chi connectivity index (χ3n) is 5.34. The summed E-state index contributed by atoms with van der Waals surface area (Å²) >= 11 is 1.27. The predicted molar refractivity (Wildman–Crippen MR) is 140 cm³/mol. The van der Waals surface area contributed by atoms with Crippen molar-refractivity contribution >= 4 is 34.6 Å². The highest BCUT2D eigenvalue weighted by atomic mass is 32.2. The molecule has 1 aliphatic heterocycles. The maximum absolute atomic E-state index is 13.2. The van der Waals surface area contributed by atoms with Gasteiger partial charge in [-0.2, -0.15) is 5.26 Å². The fraction of sp³-hybridized carbons (Fsp3) is 0.179. The molecule has 1 aliphatic rings. The number of carbonyl (C=O) groups excluding carboxylic acids is 1. The molecule has 1 saturated heterocycles. The fourth-order valence-electron chi connectivity index (χ4n) is 3.56. The first kappa shape index (κ1) is 25.0. The quantitative estimate of drug-likeness (QED) is 0.339. The summed E-state index contributed by atoms with van der Waals surface area (Å²) in [5.74, 6) is 0.610. The molecule has 0 aromatic heterocycles. The van der Waals surface area contributed by atoms with Crippen LogP contribution in [0.5, 0.6) is 11.5 Å². The van der Waals surface area contributed by atoms with Crippen LogP contribution in [0, 0.1) is 17.1 Å². The number of likely N-dealkylation sites (N-methyl/N-ethyl adjacent to an activating group) is 1. The molecule has 0 saturated carbocycles. The number of nitriles is 1. The van der Waals surface area contributed by atoms with Gasteiger partial charge in [0.1, 0.15) is 12.4 Å². The number of amides is 1. The van der Waals surface area contributed by atoms with E-state index in [1.165, 1.54) is 23.9 Å². The molecule has 0 aliphatic carbocycles. The highest BCUT2D eigenvalue weighted by molar-refractivity contribution is 8.18. The van der Waals surface area contributed by atoms with Gasteiger partial charge in [0.15, 0.2) is 16.7 Å². The van der Waals surface area contributed by atoms with Gasteiger partial charge >= 0.3 is 0 Å². The van der Waals surface area contributed by atoms with Gasteiger partial charge in [-0.05, 0) is 79.7 Å². The van der Waals surface area contributed by atoms with Crippen LogP contribution >= 0.6 is 11.8 Å². The van der Waals surface area contributed by atoms with E-state index in [1.807, 2.05) is 44.2 Å². The number of thioether (sulfide) groups is 1. The molecule has 3 aromatic carbocycles. The van der Waals surface area contributed by atoms with Crippen molar-refractivity contribution in [2.24, 2.45) is 4.99 Å². The van der Waals surface area contributed by atoms with E-state index in [1.54, 1.807) is 35.2 Å². The van der Waals surface area contributed by atoms with Gasteiger partial charge in [0, 0.05) is 12.1 Å². The van der Waals surface area contributed by atoms with Gasteiger partial charge in [-0.25, -0.2) is 9.38 Å². The van der Waals surface area contributed by atoms with Crippen molar-refractivity contribution in [1.29, 1.82) is 5.26 Å². The average Bonchev–Trinajstić information content (AvgIpc) is 3.18. The highest BCUT2D eigenvalue weighted by Crippen LogP contribution is 2.36. The predicted octanol–water partition coefficient (Wildman–Crippen LogP) is 6.30. The Bertz CT molecular complexity index is 1360. The van der Waals surface area contributed by atoms with E-state index in [0.717, 1.165) is 11.1 Å². The van der Waals surface area contributed by atoms with E-state index in [-0.39, 0.29) is 18.3 Å². The lowest BCUT2D eigenvalue weighted by atomic mass is 10.1. The minimum atomic E-state index is -0.339. The number of amidine groups is 1.